The molecule has 0 saturated carbocycles. The molecule has 0 bridgehead atoms. The van der Waals surface area contributed by atoms with E-state index >= 15 is 0 Å². The summed E-state index contributed by atoms with van der Waals surface area (Å²) in [7, 11) is 0. The van der Waals surface area contributed by atoms with Crippen LogP contribution in [0.4, 0.5) is 0 Å². The summed E-state index contributed by atoms with van der Waals surface area (Å²) >= 11 is 0. The molecule has 180 valence electrons. The Bertz CT molecular complexity index is 809. The molecule has 2 aromatic rings. The third-order valence-electron chi connectivity index (χ3n) is 7.10. The lowest BCUT2D eigenvalue weighted by atomic mass is 9.96. The van der Waals surface area contributed by atoms with Crippen LogP contribution in [0.15, 0.2) is 48.5 Å². The molecule has 2 aromatic carbocycles. The second-order valence-corrected chi connectivity index (χ2v) is 9.21. The molecule has 6 unspecified atom stereocenters. The average molecular weight is 455 g/mol. The lowest BCUT2D eigenvalue weighted by Crippen LogP contribution is -2.42. The monoisotopic (exact) mass is 454 g/mol. The summed E-state index contributed by atoms with van der Waals surface area (Å²) in [5, 5.41) is 0. The van der Waals surface area contributed by atoms with Crippen LogP contribution in [-0.2, 0) is 18.9 Å². The first-order chi connectivity index (χ1) is 16.1. The first-order valence-corrected chi connectivity index (χ1v) is 12.4. The van der Waals surface area contributed by atoms with Gasteiger partial charge in [0, 0.05) is 23.0 Å². The van der Waals surface area contributed by atoms with E-state index in [2.05, 4.69) is 39.8 Å². The molecular formula is C28H38O5. The zero-order valence-corrected chi connectivity index (χ0v) is 20.4. The molecule has 2 saturated heterocycles. The van der Waals surface area contributed by atoms with Crippen molar-refractivity contribution in [2.75, 3.05) is 26.4 Å². The van der Waals surface area contributed by atoms with Crippen molar-refractivity contribution in [1.29, 1.82) is 0 Å². The van der Waals surface area contributed by atoms with Crippen molar-refractivity contribution < 1.29 is 23.7 Å². The van der Waals surface area contributed by atoms with Gasteiger partial charge in [-0.1, -0.05) is 50.2 Å². The molecule has 2 aliphatic rings. The minimum absolute atomic E-state index is 0.0921. The predicted molar refractivity (Wildman–Crippen MR) is 129 cm³/mol. The fraction of sp³-hybridized carbons (Fsp3) is 0.571. The number of rotatable bonds is 12. The molecule has 0 amide bonds. The van der Waals surface area contributed by atoms with Gasteiger partial charge in [-0.3, -0.25) is 0 Å². The van der Waals surface area contributed by atoms with Crippen LogP contribution in [0.3, 0.4) is 0 Å². The van der Waals surface area contributed by atoms with Crippen molar-refractivity contribution in [1.82, 2.24) is 0 Å². The second kappa shape index (κ2) is 11.5. The highest BCUT2D eigenvalue weighted by molar-refractivity contribution is 5.43. The first-order valence-electron chi connectivity index (χ1n) is 12.4. The topological polar surface area (TPSA) is 46.2 Å². The highest BCUT2D eigenvalue weighted by Crippen LogP contribution is 2.36. The van der Waals surface area contributed by atoms with Gasteiger partial charge in [0.2, 0.25) is 0 Å². The normalized spacial score (nSPS) is 26.2. The number of para-hydroxylation sites is 2. The summed E-state index contributed by atoms with van der Waals surface area (Å²) in [4.78, 5) is 0. The average Bonchev–Trinajstić information content (AvgIpc) is 2.79. The maximum atomic E-state index is 6.44. The molecule has 2 aliphatic heterocycles. The van der Waals surface area contributed by atoms with Gasteiger partial charge in [0.1, 0.15) is 11.5 Å². The molecule has 2 heterocycles. The van der Waals surface area contributed by atoms with Gasteiger partial charge in [-0.2, -0.15) is 0 Å². The molecule has 0 radical (unpaired) electrons. The standard InChI is InChI=1S/C28H38O5/c1-5-21-15-31-27(21)17-29-19(3)23-11-7-9-13-25(23)33-26-14-10-8-12-24(26)20(4)30-18-28-22(6-2)16-32-28/h7-14,19-22,27-28H,5-6,15-18H2,1-4H3. The molecule has 0 aliphatic carbocycles. The Morgan fingerprint density at radius 1 is 0.727 bits per heavy atom. The number of hydrogen-bond donors (Lipinski definition) is 0. The smallest absolute Gasteiger partial charge is 0.133 e. The van der Waals surface area contributed by atoms with E-state index in [1.54, 1.807) is 0 Å². The van der Waals surface area contributed by atoms with E-state index in [1.807, 2.05) is 36.4 Å². The third-order valence-corrected chi connectivity index (χ3v) is 7.10. The molecule has 0 aromatic heterocycles. The minimum Gasteiger partial charge on any atom is -0.457 e. The van der Waals surface area contributed by atoms with E-state index in [-0.39, 0.29) is 24.4 Å². The minimum atomic E-state index is -0.0921. The highest BCUT2D eigenvalue weighted by atomic mass is 16.6. The van der Waals surface area contributed by atoms with Crippen molar-refractivity contribution in [3.05, 3.63) is 59.7 Å². The summed E-state index contributed by atoms with van der Waals surface area (Å²) < 4.78 is 30.2. The van der Waals surface area contributed by atoms with Crippen LogP contribution in [0.25, 0.3) is 0 Å². The van der Waals surface area contributed by atoms with Crippen LogP contribution in [0.2, 0.25) is 0 Å². The molecule has 33 heavy (non-hydrogen) atoms. The van der Waals surface area contributed by atoms with E-state index in [0.29, 0.717) is 25.0 Å². The number of benzene rings is 2. The predicted octanol–water partition coefficient (Wildman–Crippen LogP) is 6.48. The lowest BCUT2D eigenvalue weighted by molar-refractivity contribution is -0.155. The quantitative estimate of drug-likeness (QED) is 0.367. The van der Waals surface area contributed by atoms with E-state index in [4.69, 9.17) is 23.7 Å². The Morgan fingerprint density at radius 2 is 1.15 bits per heavy atom. The van der Waals surface area contributed by atoms with Gasteiger partial charge < -0.3 is 23.7 Å². The summed E-state index contributed by atoms with van der Waals surface area (Å²) in [5.74, 6) is 2.82. The fourth-order valence-electron chi connectivity index (χ4n) is 4.46. The van der Waals surface area contributed by atoms with Gasteiger partial charge in [-0.25, -0.2) is 0 Å². The van der Waals surface area contributed by atoms with Crippen molar-refractivity contribution in [2.45, 2.75) is 65.0 Å². The largest absolute Gasteiger partial charge is 0.457 e. The molecular weight excluding hydrogens is 416 g/mol. The van der Waals surface area contributed by atoms with Gasteiger partial charge in [-0.15, -0.1) is 0 Å². The summed E-state index contributed by atoms with van der Waals surface area (Å²) in [5.41, 5.74) is 2.06. The Kier molecular flexibility index (Phi) is 8.42. The Labute approximate surface area is 198 Å². The highest BCUT2D eigenvalue weighted by Gasteiger charge is 2.32. The van der Waals surface area contributed by atoms with Gasteiger partial charge in [-0.05, 0) is 38.8 Å². The molecule has 2 fully saturated rings. The Hall–Kier alpha value is -1.92. The van der Waals surface area contributed by atoms with Crippen LogP contribution in [0, 0.1) is 11.8 Å². The van der Waals surface area contributed by atoms with Crippen LogP contribution in [0.5, 0.6) is 11.5 Å². The summed E-state index contributed by atoms with van der Waals surface area (Å²) in [6.07, 6.45) is 2.49. The van der Waals surface area contributed by atoms with Crippen molar-refractivity contribution in [2.24, 2.45) is 11.8 Å². The van der Waals surface area contributed by atoms with E-state index in [9.17, 15) is 0 Å². The van der Waals surface area contributed by atoms with Crippen molar-refractivity contribution in [3.63, 3.8) is 0 Å². The third kappa shape index (κ3) is 5.78. The molecule has 6 atom stereocenters. The van der Waals surface area contributed by atoms with Crippen LogP contribution < -0.4 is 4.74 Å². The maximum absolute atomic E-state index is 6.44. The maximum Gasteiger partial charge on any atom is 0.133 e. The molecule has 0 spiro atoms. The molecule has 5 nitrogen and oxygen atoms in total. The van der Waals surface area contributed by atoms with Crippen molar-refractivity contribution in [3.8, 4) is 11.5 Å². The van der Waals surface area contributed by atoms with E-state index < -0.39 is 0 Å². The van der Waals surface area contributed by atoms with Gasteiger partial charge in [0.25, 0.3) is 0 Å². The van der Waals surface area contributed by atoms with Gasteiger partial charge in [0.15, 0.2) is 0 Å². The van der Waals surface area contributed by atoms with E-state index in [1.165, 1.54) is 0 Å². The lowest BCUT2D eigenvalue weighted by Gasteiger charge is -2.36. The summed E-state index contributed by atoms with van der Waals surface area (Å²) in [6.45, 7) is 11.5. The molecule has 0 N–H and O–H groups in total. The Morgan fingerprint density at radius 3 is 1.52 bits per heavy atom. The van der Waals surface area contributed by atoms with Crippen molar-refractivity contribution >= 4 is 0 Å². The van der Waals surface area contributed by atoms with E-state index in [0.717, 1.165) is 48.7 Å². The SMILES string of the molecule is CCC1COC1COC(C)c1ccccc1Oc1ccccc1C(C)OCC1OCC1CC. The summed E-state index contributed by atoms with van der Waals surface area (Å²) in [6, 6.07) is 16.2. The fourth-order valence-corrected chi connectivity index (χ4v) is 4.46. The number of hydrogen-bond acceptors (Lipinski definition) is 5. The second-order valence-electron chi connectivity index (χ2n) is 9.21. The Balaban J connectivity index is 1.41. The van der Waals surface area contributed by atoms with Crippen LogP contribution in [-0.4, -0.2) is 38.6 Å². The van der Waals surface area contributed by atoms with Crippen LogP contribution >= 0.6 is 0 Å². The molecule has 5 heteroatoms. The van der Waals surface area contributed by atoms with Gasteiger partial charge in [0.05, 0.1) is 50.8 Å². The van der Waals surface area contributed by atoms with Crippen LogP contribution in [0.1, 0.15) is 63.9 Å². The van der Waals surface area contributed by atoms with Gasteiger partial charge >= 0.3 is 0 Å². The zero-order chi connectivity index (χ0) is 23.2. The number of ether oxygens (including phenoxy) is 5. The first kappa shape index (κ1) is 24.2. The molecule has 4 rings (SSSR count). The zero-order valence-electron chi connectivity index (χ0n) is 20.4.